The fourth-order valence-corrected chi connectivity index (χ4v) is 1.97. The van der Waals surface area contributed by atoms with Crippen LogP contribution < -0.4 is 0 Å². The molecule has 116 valence electrons. The summed E-state index contributed by atoms with van der Waals surface area (Å²) >= 11 is 0. The van der Waals surface area contributed by atoms with Crippen LogP contribution in [0.2, 0.25) is 0 Å². The SMILES string of the molecule is O=C=Nc1ccc(N=C=O)cc1.c1ccc(-c2ccccc2)cc1. The van der Waals surface area contributed by atoms with Crippen molar-refractivity contribution < 1.29 is 9.59 Å². The van der Waals surface area contributed by atoms with Crippen molar-refractivity contribution in [3.63, 3.8) is 0 Å². The van der Waals surface area contributed by atoms with Crippen molar-refractivity contribution in [2.24, 2.45) is 9.98 Å². The molecular formula is C20H14N2O2. The molecule has 0 fully saturated rings. The van der Waals surface area contributed by atoms with Crippen LogP contribution in [0.5, 0.6) is 0 Å². The fourth-order valence-electron chi connectivity index (χ4n) is 1.97. The largest absolute Gasteiger partial charge is 0.240 e. The molecule has 3 rings (SSSR count). The van der Waals surface area contributed by atoms with Gasteiger partial charge < -0.3 is 0 Å². The van der Waals surface area contributed by atoms with Gasteiger partial charge in [0, 0.05) is 0 Å². The van der Waals surface area contributed by atoms with Gasteiger partial charge in [0.2, 0.25) is 12.2 Å². The summed E-state index contributed by atoms with van der Waals surface area (Å²) in [5, 5.41) is 0. The minimum absolute atomic E-state index is 0.481. The van der Waals surface area contributed by atoms with Crippen LogP contribution >= 0.6 is 0 Å². The quantitative estimate of drug-likeness (QED) is 0.506. The fraction of sp³-hybridized carbons (Fsp3) is 0. The lowest BCUT2D eigenvalue weighted by Crippen LogP contribution is -1.73. The van der Waals surface area contributed by atoms with Crippen molar-refractivity contribution in [2.75, 3.05) is 0 Å². The van der Waals surface area contributed by atoms with E-state index in [0.29, 0.717) is 11.4 Å². The van der Waals surface area contributed by atoms with Crippen molar-refractivity contribution in [2.45, 2.75) is 0 Å². The van der Waals surface area contributed by atoms with Crippen molar-refractivity contribution in [1.82, 2.24) is 0 Å². The highest BCUT2D eigenvalue weighted by atomic mass is 16.1. The van der Waals surface area contributed by atoms with Gasteiger partial charge in [0.15, 0.2) is 0 Å². The molecule has 0 radical (unpaired) electrons. The lowest BCUT2D eigenvalue weighted by molar-refractivity contribution is 0.564. The Balaban J connectivity index is 0.000000174. The minimum Gasteiger partial charge on any atom is -0.211 e. The summed E-state index contributed by atoms with van der Waals surface area (Å²) in [6.07, 6.45) is 2.80. The van der Waals surface area contributed by atoms with E-state index in [4.69, 9.17) is 0 Å². The van der Waals surface area contributed by atoms with Crippen LogP contribution in [0.15, 0.2) is 94.9 Å². The summed E-state index contributed by atoms with van der Waals surface area (Å²) in [6, 6.07) is 27.0. The van der Waals surface area contributed by atoms with E-state index in [1.165, 1.54) is 23.3 Å². The summed E-state index contributed by atoms with van der Waals surface area (Å²) in [5.74, 6) is 0. The van der Waals surface area contributed by atoms with Crippen LogP contribution in [0, 0.1) is 0 Å². The van der Waals surface area contributed by atoms with Gasteiger partial charge in [0.1, 0.15) is 0 Å². The molecule has 0 aliphatic carbocycles. The summed E-state index contributed by atoms with van der Waals surface area (Å²) in [5.41, 5.74) is 3.51. The zero-order chi connectivity index (χ0) is 17.0. The van der Waals surface area contributed by atoms with Crippen molar-refractivity contribution in [3.8, 4) is 11.1 Å². The van der Waals surface area contributed by atoms with E-state index < -0.39 is 0 Å². The Bertz CT molecular complexity index is 773. The number of hydrogen-bond acceptors (Lipinski definition) is 4. The molecule has 4 nitrogen and oxygen atoms in total. The Kier molecular flexibility index (Phi) is 6.60. The molecule has 0 saturated heterocycles. The first-order valence-electron chi connectivity index (χ1n) is 7.20. The van der Waals surface area contributed by atoms with Gasteiger partial charge in [-0.05, 0) is 35.4 Å². The molecule has 3 aromatic carbocycles. The maximum Gasteiger partial charge on any atom is 0.240 e. The highest BCUT2D eigenvalue weighted by molar-refractivity contribution is 5.62. The number of benzene rings is 3. The van der Waals surface area contributed by atoms with Crippen molar-refractivity contribution in [3.05, 3.63) is 84.9 Å². The number of aliphatic imine (C=N–C) groups is 2. The first-order chi connectivity index (χ1) is 11.8. The molecule has 0 bridgehead atoms. The van der Waals surface area contributed by atoms with E-state index in [9.17, 15) is 9.59 Å². The number of rotatable bonds is 3. The summed E-state index contributed by atoms with van der Waals surface area (Å²) < 4.78 is 0. The van der Waals surface area contributed by atoms with Crippen LogP contribution in [0.4, 0.5) is 11.4 Å². The average molecular weight is 314 g/mol. The standard InChI is InChI=1S/C12H10.C8H4N2O2/c1-3-7-11(8-4-1)12-9-5-2-6-10-12;11-5-9-7-1-2-8(4-3-7)10-6-12/h1-10H;1-4H. The molecule has 0 aromatic heterocycles. The molecule has 0 saturated carbocycles. The number of hydrogen-bond donors (Lipinski definition) is 0. The predicted octanol–water partition coefficient (Wildman–Crippen LogP) is 4.97. The molecule has 0 heterocycles. The van der Waals surface area contributed by atoms with Crippen molar-refractivity contribution in [1.29, 1.82) is 0 Å². The molecule has 0 aliphatic heterocycles. The topological polar surface area (TPSA) is 58.9 Å². The maximum atomic E-state index is 9.81. The molecule has 0 unspecified atom stereocenters. The first-order valence-corrected chi connectivity index (χ1v) is 7.20. The van der Waals surface area contributed by atoms with Crippen LogP contribution in [-0.2, 0) is 9.59 Å². The second-order valence-electron chi connectivity index (χ2n) is 4.65. The van der Waals surface area contributed by atoms with Gasteiger partial charge in [-0.1, -0.05) is 60.7 Å². The average Bonchev–Trinajstić information content (AvgIpc) is 2.66. The molecule has 0 N–H and O–H groups in total. The minimum atomic E-state index is 0.481. The van der Waals surface area contributed by atoms with E-state index >= 15 is 0 Å². The summed E-state index contributed by atoms with van der Waals surface area (Å²) in [4.78, 5) is 26.3. The third-order valence-corrected chi connectivity index (χ3v) is 3.08. The van der Waals surface area contributed by atoms with Gasteiger partial charge in [0.25, 0.3) is 0 Å². The molecule has 3 aromatic rings. The maximum absolute atomic E-state index is 9.81. The lowest BCUT2D eigenvalue weighted by Gasteiger charge is -1.98. The molecule has 24 heavy (non-hydrogen) atoms. The van der Waals surface area contributed by atoms with Crippen LogP contribution in [0.3, 0.4) is 0 Å². The molecule has 4 heteroatoms. The van der Waals surface area contributed by atoms with E-state index in [-0.39, 0.29) is 0 Å². The first kappa shape index (κ1) is 16.8. The Morgan fingerprint density at radius 1 is 0.500 bits per heavy atom. The van der Waals surface area contributed by atoms with Crippen LogP contribution in [0.25, 0.3) is 11.1 Å². The Labute approximate surface area is 139 Å². The number of nitrogens with zero attached hydrogens (tertiary/aromatic N) is 2. The lowest BCUT2D eigenvalue weighted by atomic mass is 10.1. The highest BCUT2D eigenvalue weighted by Gasteiger charge is 1.92. The van der Waals surface area contributed by atoms with Gasteiger partial charge in [-0.25, -0.2) is 9.59 Å². The predicted molar refractivity (Wildman–Crippen MR) is 93.9 cm³/mol. The third-order valence-electron chi connectivity index (χ3n) is 3.08. The second kappa shape index (κ2) is 9.44. The molecular weight excluding hydrogens is 300 g/mol. The molecule has 0 amide bonds. The second-order valence-corrected chi connectivity index (χ2v) is 4.65. The normalized spacial score (nSPS) is 8.83. The van der Waals surface area contributed by atoms with E-state index in [1.54, 1.807) is 24.3 Å². The Morgan fingerprint density at radius 2 is 0.833 bits per heavy atom. The number of carbonyl (C=O) groups excluding carboxylic acids is 2. The molecule has 0 atom stereocenters. The zero-order valence-corrected chi connectivity index (χ0v) is 12.8. The summed E-state index contributed by atoms with van der Waals surface area (Å²) in [6.45, 7) is 0. The van der Waals surface area contributed by atoms with E-state index in [1.807, 2.05) is 12.1 Å². The smallest absolute Gasteiger partial charge is 0.211 e. The third kappa shape index (κ3) is 5.32. The molecule has 0 spiro atoms. The van der Waals surface area contributed by atoms with Gasteiger partial charge in [-0.15, -0.1) is 0 Å². The van der Waals surface area contributed by atoms with Crippen LogP contribution in [-0.4, -0.2) is 12.2 Å². The van der Waals surface area contributed by atoms with Gasteiger partial charge >= 0.3 is 0 Å². The van der Waals surface area contributed by atoms with E-state index in [0.717, 1.165) is 0 Å². The monoisotopic (exact) mass is 314 g/mol. The Hall–Kier alpha value is -3.58. The van der Waals surface area contributed by atoms with Crippen molar-refractivity contribution >= 4 is 23.5 Å². The van der Waals surface area contributed by atoms with E-state index in [2.05, 4.69) is 58.5 Å². The van der Waals surface area contributed by atoms with Gasteiger partial charge in [0.05, 0.1) is 11.4 Å². The summed E-state index contributed by atoms with van der Waals surface area (Å²) in [7, 11) is 0. The Morgan fingerprint density at radius 3 is 1.12 bits per heavy atom. The molecule has 0 aliphatic rings. The van der Waals surface area contributed by atoms with Crippen LogP contribution in [0.1, 0.15) is 0 Å². The highest BCUT2D eigenvalue weighted by Crippen LogP contribution is 2.17. The van der Waals surface area contributed by atoms with Gasteiger partial charge in [-0.2, -0.15) is 9.98 Å². The zero-order valence-electron chi connectivity index (χ0n) is 12.8. The van der Waals surface area contributed by atoms with Gasteiger partial charge in [-0.3, -0.25) is 0 Å². The number of isocyanates is 2.